The molecule has 3 rings (SSSR count). The van der Waals surface area contributed by atoms with Crippen LogP contribution in [-0.4, -0.2) is 23.4 Å². The minimum Gasteiger partial charge on any atom is -0.350 e. The van der Waals surface area contributed by atoms with Crippen molar-refractivity contribution < 1.29 is 9.59 Å². The van der Waals surface area contributed by atoms with E-state index in [1.54, 1.807) is 0 Å². The summed E-state index contributed by atoms with van der Waals surface area (Å²) >= 11 is 0. The molecule has 1 unspecified atom stereocenters. The van der Waals surface area contributed by atoms with Crippen molar-refractivity contribution in [1.29, 1.82) is 0 Å². The van der Waals surface area contributed by atoms with Crippen molar-refractivity contribution >= 4 is 11.8 Å². The number of piperidine rings is 1. The van der Waals surface area contributed by atoms with E-state index in [2.05, 4.69) is 41.8 Å². The number of hydrogen-bond acceptors (Lipinski definition) is 2. The molecule has 1 aliphatic carbocycles. The van der Waals surface area contributed by atoms with Gasteiger partial charge < -0.3 is 10.6 Å². The zero-order valence-corrected chi connectivity index (χ0v) is 14.9. The van der Waals surface area contributed by atoms with Crippen LogP contribution in [0.4, 0.5) is 0 Å². The van der Waals surface area contributed by atoms with Gasteiger partial charge >= 0.3 is 0 Å². The van der Waals surface area contributed by atoms with Crippen LogP contribution in [0.2, 0.25) is 0 Å². The first-order chi connectivity index (χ1) is 11.4. The van der Waals surface area contributed by atoms with Gasteiger partial charge in [-0.1, -0.05) is 31.2 Å². The Kier molecular flexibility index (Phi) is 4.41. The summed E-state index contributed by atoms with van der Waals surface area (Å²) in [4.78, 5) is 24.7. The lowest BCUT2D eigenvalue weighted by Gasteiger charge is -2.51. The van der Waals surface area contributed by atoms with Gasteiger partial charge in [-0.25, -0.2) is 0 Å². The third-order valence-corrected chi connectivity index (χ3v) is 5.92. The van der Waals surface area contributed by atoms with E-state index < -0.39 is 5.41 Å². The molecule has 24 heavy (non-hydrogen) atoms. The Bertz CT molecular complexity index is 630. The average molecular weight is 328 g/mol. The molecule has 0 aromatic heterocycles. The molecule has 1 aromatic carbocycles. The van der Waals surface area contributed by atoms with E-state index in [-0.39, 0.29) is 23.4 Å². The maximum Gasteiger partial charge on any atom is 0.230 e. The van der Waals surface area contributed by atoms with Gasteiger partial charge in [-0.3, -0.25) is 9.59 Å². The van der Waals surface area contributed by atoms with Crippen LogP contribution in [0.5, 0.6) is 0 Å². The smallest absolute Gasteiger partial charge is 0.230 e. The van der Waals surface area contributed by atoms with Gasteiger partial charge in [0.05, 0.1) is 17.0 Å². The molecule has 1 atom stereocenters. The maximum absolute atomic E-state index is 13.0. The van der Waals surface area contributed by atoms with Gasteiger partial charge in [-0.05, 0) is 57.1 Å². The molecule has 1 saturated heterocycles. The van der Waals surface area contributed by atoms with Crippen molar-refractivity contribution in [3.05, 3.63) is 35.4 Å². The van der Waals surface area contributed by atoms with Gasteiger partial charge in [-0.15, -0.1) is 0 Å². The van der Waals surface area contributed by atoms with E-state index in [4.69, 9.17) is 0 Å². The zero-order valence-electron chi connectivity index (χ0n) is 14.9. The van der Waals surface area contributed by atoms with Gasteiger partial charge in [0.1, 0.15) is 0 Å². The monoisotopic (exact) mass is 328 g/mol. The summed E-state index contributed by atoms with van der Waals surface area (Å²) in [5.74, 6) is 0.161. The Morgan fingerprint density at radius 1 is 1.29 bits per heavy atom. The zero-order chi connectivity index (χ0) is 17.4. The summed E-state index contributed by atoms with van der Waals surface area (Å²) in [6, 6.07) is 8.35. The second-order valence-corrected chi connectivity index (χ2v) is 7.80. The van der Waals surface area contributed by atoms with E-state index in [9.17, 15) is 9.59 Å². The molecule has 0 radical (unpaired) electrons. The van der Waals surface area contributed by atoms with E-state index in [1.165, 1.54) is 5.56 Å². The highest BCUT2D eigenvalue weighted by molar-refractivity contribution is 5.88. The third-order valence-electron chi connectivity index (χ3n) is 5.92. The number of rotatable bonds is 4. The van der Waals surface area contributed by atoms with Crippen molar-refractivity contribution in [3.63, 3.8) is 0 Å². The summed E-state index contributed by atoms with van der Waals surface area (Å²) in [7, 11) is 0. The molecule has 1 saturated carbocycles. The van der Waals surface area contributed by atoms with Crippen LogP contribution in [0.25, 0.3) is 0 Å². The first-order valence-corrected chi connectivity index (χ1v) is 9.09. The molecule has 1 aromatic rings. The van der Waals surface area contributed by atoms with Crippen molar-refractivity contribution in [2.24, 2.45) is 0 Å². The van der Waals surface area contributed by atoms with Crippen LogP contribution in [0.1, 0.15) is 64.0 Å². The molecule has 0 bridgehead atoms. The largest absolute Gasteiger partial charge is 0.350 e. The highest BCUT2D eigenvalue weighted by Crippen LogP contribution is 2.39. The normalized spacial score (nSPS) is 22.6. The van der Waals surface area contributed by atoms with Crippen LogP contribution >= 0.6 is 0 Å². The molecule has 1 heterocycles. The second-order valence-electron chi connectivity index (χ2n) is 7.80. The summed E-state index contributed by atoms with van der Waals surface area (Å²) < 4.78 is 0. The lowest BCUT2D eigenvalue weighted by molar-refractivity contribution is -0.133. The first kappa shape index (κ1) is 17.0. The number of aryl methyl sites for hydroxylation is 1. The van der Waals surface area contributed by atoms with Gasteiger partial charge in [0, 0.05) is 6.42 Å². The fourth-order valence-corrected chi connectivity index (χ4v) is 3.85. The fourth-order valence-electron chi connectivity index (χ4n) is 3.85. The molecular formula is C20H28N2O2. The van der Waals surface area contributed by atoms with E-state index in [0.717, 1.165) is 37.7 Å². The van der Waals surface area contributed by atoms with Crippen LogP contribution in [0.3, 0.4) is 0 Å². The minimum absolute atomic E-state index is 0.0409. The Morgan fingerprint density at radius 3 is 2.50 bits per heavy atom. The summed E-state index contributed by atoms with van der Waals surface area (Å²) in [6.45, 7) is 6.07. The predicted octanol–water partition coefficient (Wildman–Crippen LogP) is 2.84. The molecule has 2 amide bonds. The molecule has 1 aliphatic heterocycles. The fraction of sp³-hybridized carbons (Fsp3) is 0.600. The number of carbonyl (C=O) groups is 2. The van der Waals surface area contributed by atoms with Crippen molar-refractivity contribution in [1.82, 2.24) is 10.6 Å². The molecular weight excluding hydrogens is 300 g/mol. The Balaban J connectivity index is 1.74. The predicted molar refractivity (Wildman–Crippen MR) is 94.7 cm³/mol. The number of hydrogen-bond donors (Lipinski definition) is 2. The lowest BCUT2D eigenvalue weighted by Crippen LogP contribution is -2.69. The highest BCUT2D eigenvalue weighted by atomic mass is 16.2. The Hall–Kier alpha value is -1.84. The quantitative estimate of drug-likeness (QED) is 0.893. The molecule has 1 spiro atoms. The van der Waals surface area contributed by atoms with Crippen molar-refractivity contribution in [2.45, 2.75) is 76.3 Å². The van der Waals surface area contributed by atoms with Crippen LogP contribution in [-0.2, 0) is 21.4 Å². The number of carbonyl (C=O) groups excluding carboxylic acids is 2. The Labute approximate surface area is 144 Å². The summed E-state index contributed by atoms with van der Waals surface area (Å²) in [5, 5.41) is 6.38. The van der Waals surface area contributed by atoms with Gasteiger partial charge in [-0.2, -0.15) is 0 Å². The van der Waals surface area contributed by atoms with E-state index in [0.29, 0.717) is 6.42 Å². The number of benzene rings is 1. The molecule has 2 aliphatic rings. The van der Waals surface area contributed by atoms with E-state index >= 15 is 0 Å². The second kappa shape index (κ2) is 6.23. The third kappa shape index (κ3) is 2.94. The number of amides is 2. The molecule has 2 N–H and O–H groups in total. The first-order valence-electron chi connectivity index (χ1n) is 9.09. The molecule has 2 fully saturated rings. The van der Waals surface area contributed by atoms with Crippen LogP contribution < -0.4 is 10.6 Å². The van der Waals surface area contributed by atoms with Gasteiger partial charge in [0.25, 0.3) is 0 Å². The lowest BCUT2D eigenvalue weighted by atomic mass is 9.68. The molecule has 130 valence electrons. The SMILES string of the molecule is CCc1ccc(C(C)(C)C(=O)NC2CCC(=O)NC23CCC3)cc1. The van der Waals surface area contributed by atoms with Gasteiger partial charge in [0.15, 0.2) is 0 Å². The molecule has 4 nitrogen and oxygen atoms in total. The molecule has 4 heteroatoms. The summed E-state index contributed by atoms with van der Waals surface area (Å²) in [6.07, 6.45) is 5.29. The van der Waals surface area contributed by atoms with E-state index in [1.807, 2.05) is 13.8 Å². The highest BCUT2D eigenvalue weighted by Gasteiger charge is 2.49. The van der Waals surface area contributed by atoms with Crippen molar-refractivity contribution in [3.8, 4) is 0 Å². The van der Waals surface area contributed by atoms with Crippen LogP contribution in [0, 0.1) is 0 Å². The Morgan fingerprint density at radius 2 is 1.96 bits per heavy atom. The van der Waals surface area contributed by atoms with Crippen molar-refractivity contribution in [2.75, 3.05) is 0 Å². The number of nitrogens with one attached hydrogen (secondary N) is 2. The van der Waals surface area contributed by atoms with Crippen LogP contribution in [0.15, 0.2) is 24.3 Å². The standard InChI is InChI=1S/C20H28N2O2/c1-4-14-6-8-15(9-7-14)19(2,3)18(24)21-16-10-11-17(23)22-20(16)12-5-13-20/h6-9,16H,4-5,10-13H2,1-3H3,(H,21,24)(H,22,23). The summed E-state index contributed by atoms with van der Waals surface area (Å²) in [5.41, 5.74) is 1.52. The van der Waals surface area contributed by atoms with Gasteiger partial charge in [0.2, 0.25) is 11.8 Å². The maximum atomic E-state index is 13.0. The average Bonchev–Trinajstić information content (AvgIpc) is 2.54. The minimum atomic E-state index is -0.585. The topological polar surface area (TPSA) is 58.2 Å².